The zero-order valence-corrected chi connectivity index (χ0v) is 22.7. The molecule has 0 saturated carbocycles. The van der Waals surface area contributed by atoms with Gasteiger partial charge in [0.1, 0.15) is 12.4 Å². The molecule has 1 aliphatic heterocycles. The van der Waals surface area contributed by atoms with Crippen LogP contribution in [0.15, 0.2) is 60.0 Å². The molecule has 3 aromatic rings. The third-order valence-corrected chi connectivity index (χ3v) is 7.75. The molecule has 0 bridgehead atoms. The van der Waals surface area contributed by atoms with Crippen LogP contribution in [0.1, 0.15) is 23.3 Å². The monoisotopic (exact) mass is 562 g/mol. The topological polar surface area (TPSA) is 55.9 Å². The molecule has 2 heterocycles. The van der Waals surface area contributed by atoms with E-state index in [9.17, 15) is 14.0 Å². The molecule has 4 rings (SSSR count). The van der Waals surface area contributed by atoms with Crippen LogP contribution in [-0.2, 0) is 17.9 Å². The Morgan fingerprint density at radius 2 is 1.65 bits per heavy atom. The van der Waals surface area contributed by atoms with E-state index in [1.165, 1.54) is 17.0 Å². The number of carbonyl (C=O) groups is 2. The average molecular weight is 564 g/mol. The molecule has 37 heavy (non-hydrogen) atoms. The fourth-order valence-corrected chi connectivity index (χ4v) is 5.43. The highest BCUT2D eigenvalue weighted by atomic mass is 35.5. The lowest BCUT2D eigenvalue weighted by atomic mass is 10.2. The van der Waals surface area contributed by atoms with Gasteiger partial charge >= 0.3 is 6.03 Å². The van der Waals surface area contributed by atoms with E-state index in [1.54, 1.807) is 46.6 Å². The van der Waals surface area contributed by atoms with Gasteiger partial charge in [0.2, 0.25) is 5.91 Å². The zero-order valence-electron chi connectivity index (χ0n) is 20.3. The average Bonchev–Trinajstić information content (AvgIpc) is 3.59. The van der Waals surface area contributed by atoms with E-state index >= 15 is 0 Å². The van der Waals surface area contributed by atoms with Crippen molar-refractivity contribution in [2.24, 2.45) is 0 Å². The molecule has 0 spiro atoms. The predicted molar refractivity (Wildman–Crippen MR) is 148 cm³/mol. The van der Waals surface area contributed by atoms with Crippen molar-refractivity contribution >= 4 is 52.2 Å². The van der Waals surface area contributed by atoms with Crippen molar-refractivity contribution in [3.63, 3.8) is 0 Å². The van der Waals surface area contributed by atoms with Crippen LogP contribution in [-0.4, -0.2) is 59.4 Å². The van der Waals surface area contributed by atoms with Crippen molar-refractivity contribution in [3.8, 4) is 0 Å². The summed E-state index contributed by atoms with van der Waals surface area (Å²) in [5.74, 6) is -0.539. The fourth-order valence-electron chi connectivity index (χ4n) is 4.22. The highest BCUT2D eigenvalue weighted by molar-refractivity contribution is 7.09. The predicted octanol–water partition coefficient (Wildman–Crippen LogP) is 6.35. The van der Waals surface area contributed by atoms with E-state index < -0.39 is 6.03 Å². The third-order valence-electron chi connectivity index (χ3n) is 6.26. The summed E-state index contributed by atoms with van der Waals surface area (Å²) >= 11 is 14.1. The van der Waals surface area contributed by atoms with Crippen LogP contribution in [0.4, 0.5) is 14.9 Å². The van der Waals surface area contributed by atoms with E-state index in [1.807, 2.05) is 17.5 Å². The minimum atomic E-state index is -0.444. The van der Waals surface area contributed by atoms with Gasteiger partial charge in [-0.15, -0.1) is 11.3 Å². The van der Waals surface area contributed by atoms with Gasteiger partial charge < -0.3 is 20.0 Å². The fraction of sp³-hybridized carbons (Fsp3) is 0.333. The van der Waals surface area contributed by atoms with E-state index in [2.05, 4.69) is 10.2 Å². The van der Waals surface area contributed by atoms with Crippen molar-refractivity contribution in [1.29, 1.82) is 0 Å². The van der Waals surface area contributed by atoms with Gasteiger partial charge in [0.25, 0.3) is 0 Å². The van der Waals surface area contributed by atoms with Crippen molar-refractivity contribution in [2.75, 3.05) is 38.0 Å². The molecule has 0 atom stereocenters. The lowest BCUT2D eigenvalue weighted by Crippen LogP contribution is -2.46. The van der Waals surface area contributed by atoms with E-state index in [0.29, 0.717) is 41.9 Å². The highest BCUT2D eigenvalue weighted by Crippen LogP contribution is 2.30. The number of carbonyl (C=O) groups excluding carboxylic acids is 2. The number of urea groups is 1. The maximum Gasteiger partial charge on any atom is 0.322 e. The smallest absolute Gasteiger partial charge is 0.322 e. The van der Waals surface area contributed by atoms with Crippen molar-refractivity contribution in [3.05, 3.63) is 86.3 Å². The lowest BCUT2D eigenvalue weighted by molar-refractivity contribution is -0.133. The van der Waals surface area contributed by atoms with E-state index in [0.717, 1.165) is 36.4 Å². The molecule has 2 aromatic carbocycles. The molecular weight excluding hydrogens is 534 g/mol. The Labute approximate surface area is 230 Å². The molecule has 1 fully saturated rings. The summed E-state index contributed by atoms with van der Waals surface area (Å²) in [4.78, 5) is 33.5. The molecule has 3 amide bonds. The minimum Gasteiger partial charge on any atom is -0.332 e. The summed E-state index contributed by atoms with van der Waals surface area (Å²) in [5.41, 5.74) is 1.12. The van der Waals surface area contributed by atoms with Crippen molar-refractivity contribution in [2.45, 2.75) is 25.9 Å². The normalized spacial score (nSPS) is 13.5. The Bertz CT molecular complexity index is 1170. The molecule has 1 aromatic heterocycles. The molecule has 0 radical (unpaired) electrons. The van der Waals surface area contributed by atoms with E-state index in [4.69, 9.17) is 23.2 Å². The van der Waals surface area contributed by atoms with Crippen LogP contribution in [0.2, 0.25) is 10.0 Å². The largest absolute Gasteiger partial charge is 0.332 e. The Balaban J connectivity index is 1.51. The summed E-state index contributed by atoms with van der Waals surface area (Å²) in [6, 6.07) is 14.5. The Kier molecular flexibility index (Phi) is 9.80. The summed E-state index contributed by atoms with van der Waals surface area (Å²) in [6.07, 6.45) is 2.26. The molecule has 0 unspecified atom stereocenters. The van der Waals surface area contributed by atoms with Gasteiger partial charge in [-0.05, 0) is 67.2 Å². The SMILES string of the molecule is O=C(CN(CCN1CCCC1)C(=O)Nc1c(Cl)cccc1Cl)N(Cc1ccc(F)cc1)Cc1cccs1. The second kappa shape index (κ2) is 13.2. The molecule has 6 nitrogen and oxygen atoms in total. The Morgan fingerprint density at radius 3 is 2.30 bits per heavy atom. The molecule has 1 saturated heterocycles. The summed E-state index contributed by atoms with van der Waals surface area (Å²) in [6.45, 7) is 3.58. The maximum absolute atomic E-state index is 13.6. The number of rotatable bonds is 10. The Morgan fingerprint density at radius 1 is 0.946 bits per heavy atom. The molecule has 196 valence electrons. The van der Waals surface area contributed by atoms with Crippen LogP contribution >= 0.6 is 34.5 Å². The first-order chi connectivity index (χ1) is 17.9. The molecule has 10 heteroatoms. The minimum absolute atomic E-state index is 0.117. The number of anilines is 1. The van der Waals surface area contributed by atoms with E-state index in [-0.39, 0.29) is 18.3 Å². The standard InChI is InChI=1S/C27H29Cl2FN4O2S/c28-23-6-3-7-24(29)26(23)31-27(36)33(15-14-32-12-1-2-13-32)19-25(35)34(18-22-5-4-16-37-22)17-20-8-10-21(30)11-9-20/h3-11,16H,1-2,12-15,17-19H2,(H,31,36). The number of benzene rings is 2. The van der Waals surface area contributed by atoms with Crippen LogP contribution in [0.25, 0.3) is 0 Å². The Hall–Kier alpha value is -2.65. The molecule has 1 N–H and O–H groups in total. The third kappa shape index (κ3) is 7.92. The van der Waals surface area contributed by atoms with Gasteiger partial charge in [-0.3, -0.25) is 4.79 Å². The number of nitrogens with one attached hydrogen (secondary N) is 1. The lowest BCUT2D eigenvalue weighted by Gasteiger charge is -2.29. The quantitative estimate of drug-likeness (QED) is 0.313. The number of hydrogen-bond acceptors (Lipinski definition) is 4. The number of halogens is 3. The zero-order chi connectivity index (χ0) is 26.2. The first-order valence-corrected chi connectivity index (χ1v) is 13.8. The number of nitrogens with zero attached hydrogens (tertiary/aromatic N) is 3. The van der Waals surface area contributed by atoms with Gasteiger partial charge in [0.15, 0.2) is 0 Å². The van der Waals surface area contributed by atoms with Crippen LogP contribution in [0.5, 0.6) is 0 Å². The van der Waals surface area contributed by atoms with Crippen molar-refractivity contribution in [1.82, 2.24) is 14.7 Å². The number of hydrogen-bond donors (Lipinski definition) is 1. The van der Waals surface area contributed by atoms with Gasteiger partial charge in [0.05, 0.1) is 22.3 Å². The number of thiophene rings is 1. The van der Waals surface area contributed by atoms with Crippen LogP contribution in [0.3, 0.4) is 0 Å². The van der Waals surface area contributed by atoms with Gasteiger partial charge in [-0.25, -0.2) is 9.18 Å². The molecular formula is C27H29Cl2FN4O2S. The van der Waals surface area contributed by atoms with Crippen LogP contribution < -0.4 is 5.32 Å². The number of likely N-dealkylation sites (tertiary alicyclic amines) is 1. The summed E-state index contributed by atoms with van der Waals surface area (Å²) in [7, 11) is 0. The summed E-state index contributed by atoms with van der Waals surface area (Å²) in [5, 5.41) is 5.39. The number of amides is 3. The van der Waals surface area contributed by atoms with Gasteiger partial charge in [-0.1, -0.05) is 47.5 Å². The first-order valence-electron chi connectivity index (χ1n) is 12.2. The van der Waals surface area contributed by atoms with Gasteiger partial charge in [0, 0.05) is 24.5 Å². The second-order valence-electron chi connectivity index (χ2n) is 8.95. The van der Waals surface area contributed by atoms with Crippen LogP contribution in [0, 0.1) is 5.82 Å². The maximum atomic E-state index is 13.6. The second-order valence-corrected chi connectivity index (χ2v) is 10.8. The first kappa shape index (κ1) is 27.4. The molecule has 0 aliphatic carbocycles. The molecule has 1 aliphatic rings. The van der Waals surface area contributed by atoms with Gasteiger partial charge in [-0.2, -0.15) is 0 Å². The highest BCUT2D eigenvalue weighted by Gasteiger charge is 2.24. The summed E-state index contributed by atoms with van der Waals surface area (Å²) < 4.78 is 13.4. The number of para-hydroxylation sites is 1. The van der Waals surface area contributed by atoms with Crippen molar-refractivity contribution < 1.29 is 14.0 Å².